The Balaban J connectivity index is 2.49. The Morgan fingerprint density at radius 1 is 1.21 bits per heavy atom. The molecule has 1 aliphatic rings. The summed E-state index contributed by atoms with van der Waals surface area (Å²) >= 11 is 0. The van der Waals surface area contributed by atoms with Crippen LogP contribution < -0.4 is 10.2 Å². The maximum absolute atomic E-state index is 13.0. The summed E-state index contributed by atoms with van der Waals surface area (Å²) < 4.78 is 39.1. The van der Waals surface area contributed by atoms with Crippen molar-refractivity contribution in [3.05, 3.63) is 37.9 Å². The highest BCUT2D eigenvalue weighted by atomic mass is 19.4. The fourth-order valence-electron chi connectivity index (χ4n) is 3.04. The predicted molar refractivity (Wildman–Crippen MR) is 93.0 cm³/mol. The number of nitro groups is 2. The number of rotatable bonds is 5. The first kappa shape index (κ1) is 21.4. The fraction of sp³-hybridized carbons (Fsp3) is 0.562. The molecule has 1 unspecified atom stereocenters. The minimum atomic E-state index is -4.97. The number of nitro benzene ring substituents is 2. The van der Waals surface area contributed by atoms with Crippen molar-refractivity contribution in [2.45, 2.75) is 38.9 Å². The average molecular weight is 404 g/mol. The molecule has 154 valence electrons. The molecule has 0 radical (unpaired) electrons. The van der Waals surface area contributed by atoms with Gasteiger partial charge in [-0.2, -0.15) is 13.2 Å². The SMILES string of the molecule is CC(C)C(=O)NC1CCCN(c2c([N+](=O)[O-])cc(C(F)(F)F)cc2[N+](=O)[O-])C1. The lowest BCUT2D eigenvalue weighted by Crippen LogP contribution is -2.49. The maximum Gasteiger partial charge on any atom is 0.416 e. The van der Waals surface area contributed by atoms with Crippen molar-refractivity contribution in [1.82, 2.24) is 5.32 Å². The van der Waals surface area contributed by atoms with E-state index in [4.69, 9.17) is 0 Å². The monoisotopic (exact) mass is 404 g/mol. The highest BCUT2D eigenvalue weighted by molar-refractivity contribution is 5.79. The molecule has 1 atom stereocenters. The smallest absolute Gasteiger partial charge is 0.358 e. The Hall–Kier alpha value is -2.92. The molecule has 2 rings (SSSR count). The van der Waals surface area contributed by atoms with E-state index in [1.807, 2.05) is 0 Å². The Morgan fingerprint density at radius 2 is 1.75 bits per heavy atom. The second-order valence-corrected chi connectivity index (χ2v) is 6.82. The largest absolute Gasteiger partial charge is 0.416 e. The molecule has 0 saturated carbocycles. The lowest BCUT2D eigenvalue weighted by molar-refractivity contribution is -0.393. The number of hydrogen-bond acceptors (Lipinski definition) is 6. The van der Waals surface area contributed by atoms with E-state index in [0.717, 1.165) is 0 Å². The highest BCUT2D eigenvalue weighted by Gasteiger charge is 2.40. The van der Waals surface area contributed by atoms with E-state index >= 15 is 0 Å². The van der Waals surface area contributed by atoms with Gasteiger partial charge < -0.3 is 10.2 Å². The maximum atomic E-state index is 13.0. The fourth-order valence-corrected chi connectivity index (χ4v) is 3.04. The van der Waals surface area contributed by atoms with Crippen LogP contribution >= 0.6 is 0 Å². The second kappa shape index (κ2) is 7.98. The zero-order chi connectivity index (χ0) is 21.2. The van der Waals surface area contributed by atoms with Crippen molar-refractivity contribution < 1.29 is 27.8 Å². The first-order valence-corrected chi connectivity index (χ1v) is 8.51. The molecule has 12 heteroatoms. The van der Waals surface area contributed by atoms with Crippen molar-refractivity contribution in [1.29, 1.82) is 0 Å². The van der Waals surface area contributed by atoms with Gasteiger partial charge in [0.15, 0.2) is 5.69 Å². The van der Waals surface area contributed by atoms with E-state index in [9.17, 15) is 38.2 Å². The summed E-state index contributed by atoms with van der Waals surface area (Å²) in [5, 5.41) is 25.5. The first-order valence-electron chi connectivity index (χ1n) is 8.51. The zero-order valence-electron chi connectivity index (χ0n) is 15.2. The van der Waals surface area contributed by atoms with Crippen molar-refractivity contribution >= 4 is 23.0 Å². The molecule has 0 bridgehead atoms. The number of carbonyl (C=O) groups is 1. The van der Waals surface area contributed by atoms with Gasteiger partial charge in [0.2, 0.25) is 5.91 Å². The molecule has 0 aromatic heterocycles. The molecular formula is C16H19F3N4O5. The van der Waals surface area contributed by atoms with Crippen LogP contribution in [0, 0.1) is 26.1 Å². The topological polar surface area (TPSA) is 119 Å². The van der Waals surface area contributed by atoms with Gasteiger partial charge in [-0.1, -0.05) is 13.8 Å². The Kier molecular flexibility index (Phi) is 6.10. The summed E-state index contributed by atoms with van der Waals surface area (Å²) in [6, 6.07) is 0.183. The predicted octanol–water partition coefficient (Wildman–Crippen LogP) is 3.26. The van der Waals surface area contributed by atoms with Crippen LogP contribution in [-0.2, 0) is 11.0 Å². The molecule has 1 N–H and O–H groups in total. The summed E-state index contributed by atoms with van der Waals surface area (Å²) in [5.74, 6) is -0.548. The van der Waals surface area contributed by atoms with E-state index < -0.39 is 44.7 Å². The van der Waals surface area contributed by atoms with E-state index in [-0.39, 0.29) is 24.9 Å². The molecule has 1 aliphatic heterocycles. The lowest BCUT2D eigenvalue weighted by Gasteiger charge is -2.34. The van der Waals surface area contributed by atoms with Gasteiger partial charge in [-0.25, -0.2) is 0 Å². The number of benzene rings is 1. The number of hydrogen-bond donors (Lipinski definition) is 1. The van der Waals surface area contributed by atoms with Crippen LogP contribution in [0.4, 0.5) is 30.2 Å². The summed E-state index contributed by atoms with van der Waals surface area (Å²) in [6.07, 6.45) is -3.96. The number of nitrogens with zero attached hydrogens (tertiary/aromatic N) is 3. The van der Waals surface area contributed by atoms with Crippen LogP contribution in [0.1, 0.15) is 32.3 Å². The number of amides is 1. The Morgan fingerprint density at radius 3 is 2.18 bits per heavy atom. The van der Waals surface area contributed by atoms with Gasteiger partial charge in [0, 0.05) is 37.2 Å². The van der Waals surface area contributed by atoms with Gasteiger partial charge in [0.05, 0.1) is 15.4 Å². The van der Waals surface area contributed by atoms with Crippen molar-refractivity contribution in [3.63, 3.8) is 0 Å². The molecule has 1 fully saturated rings. The first-order chi connectivity index (χ1) is 12.9. The van der Waals surface area contributed by atoms with Gasteiger partial charge in [-0.15, -0.1) is 0 Å². The quantitative estimate of drug-likeness (QED) is 0.594. The van der Waals surface area contributed by atoms with Crippen LogP contribution in [0.5, 0.6) is 0 Å². The lowest BCUT2D eigenvalue weighted by atomic mass is 10.0. The van der Waals surface area contributed by atoms with Gasteiger partial charge in [0.25, 0.3) is 11.4 Å². The van der Waals surface area contributed by atoms with Crippen LogP contribution in [0.3, 0.4) is 0 Å². The summed E-state index contributed by atoms with van der Waals surface area (Å²) in [5.41, 5.74) is -3.92. The van der Waals surface area contributed by atoms with Gasteiger partial charge in [-0.05, 0) is 12.8 Å². The van der Waals surface area contributed by atoms with Crippen molar-refractivity contribution in [2.75, 3.05) is 18.0 Å². The molecule has 0 spiro atoms. The third kappa shape index (κ3) is 4.67. The molecule has 0 aliphatic carbocycles. The molecule has 1 amide bonds. The number of piperidine rings is 1. The minimum absolute atomic E-state index is 0.0193. The van der Waals surface area contributed by atoms with Gasteiger partial charge in [0.1, 0.15) is 0 Å². The van der Waals surface area contributed by atoms with Crippen LogP contribution in [0.15, 0.2) is 12.1 Å². The second-order valence-electron chi connectivity index (χ2n) is 6.82. The molecule has 28 heavy (non-hydrogen) atoms. The van der Waals surface area contributed by atoms with E-state index in [1.54, 1.807) is 13.8 Å². The summed E-state index contributed by atoms with van der Waals surface area (Å²) in [7, 11) is 0. The molecule has 1 heterocycles. The van der Waals surface area contributed by atoms with Crippen molar-refractivity contribution in [2.24, 2.45) is 5.92 Å². The minimum Gasteiger partial charge on any atom is -0.358 e. The number of halogens is 3. The number of alkyl halides is 3. The van der Waals surface area contributed by atoms with Gasteiger partial charge in [-0.3, -0.25) is 25.0 Å². The van der Waals surface area contributed by atoms with E-state index in [0.29, 0.717) is 25.0 Å². The third-order valence-corrected chi connectivity index (χ3v) is 4.40. The van der Waals surface area contributed by atoms with E-state index in [2.05, 4.69) is 5.32 Å². The highest BCUT2D eigenvalue weighted by Crippen LogP contribution is 2.43. The zero-order valence-corrected chi connectivity index (χ0v) is 15.2. The van der Waals surface area contributed by atoms with E-state index in [1.165, 1.54) is 4.90 Å². The standard InChI is InChI=1S/C16H19F3N4O5/c1-9(2)15(24)20-11-4-3-5-21(8-11)14-12(22(25)26)6-10(16(17,18)19)7-13(14)23(27)28/h6-7,9,11H,3-5,8H2,1-2H3,(H,20,24). The Labute approximate surface area is 157 Å². The molecular weight excluding hydrogens is 385 g/mol. The Bertz CT molecular complexity index is 762. The van der Waals surface area contributed by atoms with Crippen molar-refractivity contribution in [3.8, 4) is 0 Å². The number of anilines is 1. The summed E-state index contributed by atoms with van der Waals surface area (Å²) in [6.45, 7) is 3.57. The molecule has 1 aromatic carbocycles. The van der Waals surface area contributed by atoms with Gasteiger partial charge >= 0.3 is 6.18 Å². The third-order valence-electron chi connectivity index (χ3n) is 4.40. The normalized spacial score (nSPS) is 17.5. The molecule has 1 saturated heterocycles. The van der Waals surface area contributed by atoms with Crippen LogP contribution in [0.25, 0.3) is 0 Å². The summed E-state index contributed by atoms with van der Waals surface area (Å²) in [4.78, 5) is 33.8. The van der Waals surface area contributed by atoms with Crippen LogP contribution in [0.2, 0.25) is 0 Å². The molecule has 1 aromatic rings. The molecule has 9 nitrogen and oxygen atoms in total. The number of carbonyl (C=O) groups excluding carboxylic acids is 1. The number of nitrogens with one attached hydrogen (secondary N) is 1. The van der Waals surface area contributed by atoms with Crippen LogP contribution in [-0.4, -0.2) is 34.9 Å². The average Bonchev–Trinajstić information content (AvgIpc) is 2.59.